The van der Waals surface area contributed by atoms with E-state index < -0.39 is 6.04 Å². The Morgan fingerprint density at radius 1 is 0.917 bits per heavy atom. The number of rotatable bonds is 7. The first kappa shape index (κ1) is 17.5. The zero-order valence-electron chi connectivity index (χ0n) is 13.7. The van der Waals surface area contributed by atoms with Crippen LogP contribution in [0.5, 0.6) is 0 Å². The van der Waals surface area contributed by atoms with Crippen LogP contribution in [-0.4, -0.2) is 31.6 Å². The second-order valence-corrected chi connectivity index (χ2v) is 5.28. The lowest BCUT2D eigenvalue weighted by molar-refractivity contribution is -0.119. The van der Waals surface area contributed by atoms with Gasteiger partial charge in [0.05, 0.1) is 0 Å². The number of para-hydroxylation sites is 1. The molecule has 3 N–H and O–H groups in total. The van der Waals surface area contributed by atoms with Crippen molar-refractivity contribution in [2.75, 3.05) is 29.7 Å². The molecule has 0 radical (unpaired) electrons. The smallest absolute Gasteiger partial charge is 0.250 e. The van der Waals surface area contributed by atoms with Crippen LogP contribution < -0.4 is 16.0 Å². The number of carbonyl (C=O) groups is 2. The number of methoxy groups -OCH3 is 1. The molecule has 1 atom stereocenters. The van der Waals surface area contributed by atoms with Crippen molar-refractivity contribution in [3.63, 3.8) is 0 Å². The number of benzene rings is 2. The Morgan fingerprint density at radius 3 is 2.12 bits per heavy atom. The number of anilines is 3. The van der Waals surface area contributed by atoms with Gasteiger partial charge in [0.1, 0.15) is 12.6 Å². The van der Waals surface area contributed by atoms with E-state index in [1.165, 1.54) is 7.11 Å². The molecule has 24 heavy (non-hydrogen) atoms. The fraction of sp³-hybridized carbons (Fsp3) is 0.222. The largest absolute Gasteiger partial charge is 0.375 e. The van der Waals surface area contributed by atoms with E-state index in [9.17, 15) is 9.59 Å². The normalized spacial score (nSPS) is 11.4. The van der Waals surface area contributed by atoms with Gasteiger partial charge in [-0.3, -0.25) is 9.59 Å². The summed E-state index contributed by atoms with van der Waals surface area (Å²) in [6, 6.07) is 16.0. The molecule has 2 rings (SSSR count). The highest BCUT2D eigenvalue weighted by Crippen LogP contribution is 2.15. The first-order chi connectivity index (χ1) is 11.6. The monoisotopic (exact) mass is 327 g/mol. The molecule has 126 valence electrons. The summed E-state index contributed by atoms with van der Waals surface area (Å²) < 4.78 is 4.76. The maximum Gasteiger partial charge on any atom is 0.250 e. The van der Waals surface area contributed by atoms with Crippen LogP contribution in [0.2, 0.25) is 0 Å². The lowest BCUT2D eigenvalue weighted by Gasteiger charge is -2.15. The summed E-state index contributed by atoms with van der Waals surface area (Å²) >= 11 is 0. The molecule has 0 aliphatic heterocycles. The molecule has 0 aliphatic carbocycles. The molecule has 0 unspecified atom stereocenters. The molecular weight excluding hydrogens is 306 g/mol. The summed E-state index contributed by atoms with van der Waals surface area (Å²) in [7, 11) is 1.47. The van der Waals surface area contributed by atoms with E-state index in [0.29, 0.717) is 5.69 Å². The lowest BCUT2D eigenvalue weighted by atomic mass is 10.2. The Morgan fingerprint density at radius 2 is 1.50 bits per heavy atom. The molecule has 6 nitrogen and oxygen atoms in total. The van der Waals surface area contributed by atoms with E-state index in [1.54, 1.807) is 31.2 Å². The zero-order chi connectivity index (χ0) is 17.4. The predicted molar refractivity (Wildman–Crippen MR) is 95.1 cm³/mol. The van der Waals surface area contributed by atoms with Gasteiger partial charge in [-0.1, -0.05) is 18.2 Å². The van der Waals surface area contributed by atoms with E-state index in [1.807, 2.05) is 30.3 Å². The van der Waals surface area contributed by atoms with Crippen LogP contribution in [0, 0.1) is 0 Å². The van der Waals surface area contributed by atoms with Crippen LogP contribution in [0.15, 0.2) is 54.6 Å². The van der Waals surface area contributed by atoms with Crippen molar-refractivity contribution in [3.05, 3.63) is 54.6 Å². The highest BCUT2D eigenvalue weighted by Gasteiger charge is 2.12. The number of carbonyl (C=O) groups excluding carboxylic acids is 2. The summed E-state index contributed by atoms with van der Waals surface area (Å²) in [5.41, 5.74) is 2.21. The van der Waals surface area contributed by atoms with Gasteiger partial charge in [0.2, 0.25) is 11.8 Å². The molecule has 0 bridgehead atoms. The minimum Gasteiger partial charge on any atom is -0.375 e. The average Bonchev–Trinajstić information content (AvgIpc) is 2.57. The molecule has 2 amide bonds. The molecular formula is C18H21N3O3. The van der Waals surface area contributed by atoms with Crippen molar-refractivity contribution in [2.45, 2.75) is 13.0 Å². The van der Waals surface area contributed by atoms with Crippen LogP contribution >= 0.6 is 0 Å². The molecule has 0 fully saturated rings. The van der Waals surface area contributed by atoms with Crippen molar-refractivity contribution in [3.8, 4) is 0 Å². The fourth-order valence-corrected chi connectivity index (χ4v) is 2.07. The van der Waals surface area contributed by atoms with Crippen molar-refractivity contribution in [2.24, 2.45) is 0 Å². The van der Waals surface area contributed by atoms with Gasteiger partial charge in [-0.15, -0.1) is 0 Å². The van der Waals surface area contributed by atoms with Gasteiger partial charge in [-0.05, 0) is 43.3 Å². The van der Waals surface area contributed by atoms with Gasteiger partial charge in [0.25, 0.3) is 0 Å². The Labute approximate surface area is 141 Å². The lowest BCUT2D eigenvalue weighted by Crippen LogP contribution is -2.31. The molecule has 0 saturated heterocycles. The highest BCUT2D eigenvalue weighted by atomic mass is 16.5. The van der Waals surface area contributed by atoms with Crippen LogP contribution in [-0.2, 0) is 14.3 Å². The average molecular weight is 327 g/mol. The maximum atomic E-state index is 12.2. The van der Waals surface area contributed by atoms with Gasteiger partial charge in [-0.25, -0.2) is 0 Å². The number of hydrogen-bond donors (Lipinski definition) is 3. The van der Waals surface area contributed by atoms with Crippen LogP contribution in [0.4, 0.5) is 17.1 Å². The standard InChI is InChI=1S/C18H21N3O3/c1-13(18(23)21-14-6-4-3-5-7-14)19-15-8-10-16(11-9-15)20-17(22)12-24-2/h3-11,13,19H,12H2,1-2H3,(H,20,22)(H,21,23)/t13-/m1/s1. The summed E-state index contributed by atoms with van der Waals surface area (Å²) in [6.07, 6.45) is 0. The highest BCUT2D eigenvalue weighted by molar-refractivity contribution is 5.96. The Bertz CT molecular complexity index is 672. The third-order valence-corrected chi connectivity index (χ3v) is 3.26. The molecule has 2 aromatic rings. The Kier molecular flexibility index (Phi) is 6.33. The summed E-state index contributed by atoms with van der Waals surface area (Å²) in [4.78, 5) is 23.6. The predicted octanol–water partition coefficient (Wildman–Crippen LogP) is 2.71. The van der Waals surface area contributed by atoms with Crippen LogP contribution in [0.25, 0.3) is 0 Å². The summed E-state index contributed by atoms with van der Waals surface area (Å²) in [5, 5.41) is 8.67. The van der Waals surface area contributed by atoms with E-state index in [2.05, 4.69) is 16.0 Å². The van der Waals surface area contributed by atoms with Gasteiger partial charge in [0.15, 0.2) is 0 Å². The van der Waals surface area contributed by atoms with E-state index in [-0.39, 0.29) is 18.4 Å². The van der Waals surface area contributed by atoms with Crippen LogP contribution in [0.1, 0.15) is 6.92 Å². The first-order valence-electron chi connectivity index (χ1n) is 7.60. The molecule has 0 aromatic heterocycles. The second kappa shape index (κ2) is 8.69. The SMILES string of the molecule is COCC(=O)Nc1ccc(N[C@H](C)C(=O)Nc2ccccc2)cc1. The number of ether oxygens (including phenoxy) is 1. The van der Waals surface area contributed by atoms with E-state index in [0.717, 1.165) is 11.4 Å². The first-order valence-corrected chi connectivity index (χ1v) is 7.60. The third kappa shape index (κ3) is 5.40. The zero-order valence-corrected chi connectivity index (χ0v) is 13.7. The van der Waals surface area contributed by atoms with Crippen LogP contribution in [0.3, 0.4) is 0 Å². The Hall–Kier alpha value is -2.86. The topological polar surface area (TPSA) is 79.5 Å². The summed E-state index contributed by atoms with van der Waals surface area (Å²) in [6.45, 7) is 1.79. The second-order valence-electron chi connectivity index (χ2n) is 5.28. The fourth-order valence-electron chi connectivity index (χ4n) is 2.07. The van der Waals surface area contributed by atoms with Crippen molar-refractivity contribution >= 4 is 28.9 Å². The van der Waals surface area contributed by atoms with E-state index >= 15 is 0 Å². The molecule has 0 saturated carbocycles. The number of hydrogen-bond acceptors (Lipinski definition) is 4. The molecule has 0 aliphatic rings. The van der Waals surface area contributed by atoms with Gasteiger partial charge in [-0.2, -0.15) is 0 Å². The molecule has 0 spiro atoms. The minimum atomic E-state index is -0.404. The minimum absolute atomic E-state index is 0.0106. The van der Waals surface area contributed by atoms with E-state index in [4.69, 9.17) is 4.74 Å². The number of amides is 2. The molecule has 6 heteroatoms. The molecule has 0 heterocycles. The van der Waals surface area contributed by atoms with Crippen molar-refractivity contribution in [1.29, 1.82) is 0 Å². The van der Waals surface area contributed by atoms with Crippen molar-refractivity contribution in [1.82, 2.24) is 0 Å². The van der Waals surface area contributed by atoms with Gasteiger partial charge in [0, 0.05) is 24.2 Å². The number of nitrogens with one attached hydrogen (secondary N) is 3. The summed E-state index contributed by atoms with van der Waals surface area (Å²) in [5.74, 6) is -0.340. The molecule has 2 aromatic carbocycles. The quantitative estimate of drug-likeness (QED) is 0.730. The van der Waals surface area contributed by atoms with Crippen molar-refractivity contribution < 1.29 is 14.3 Å². The third-order valence-electron chi connectivity index (χ3n) is 3.26. The maximum absolute atomic E-state index is 12.2. The van der Waals surface area contributed by atoms with Gasteiger partial charge < -0.3 is 20.7 Å². The van der Waals surface area contributed by atoms with Gasteiger partial charge >= 0.3 is 0 Å². The Balaban J connectivity index is 1.88.